The first-order chi connectivity index (χ1) is 10.1. The highest BCUT2D eigenvalue weighted by molar-refractivity contribution is 6.33. The molecule has 0 amide bonds. The topological polar surface area (TPSA) is 73.4 Å². The van der Waals surface area contributed by atoms with E-state index in [9.17, 15) is 4.79 Å². The van der Waals surface area contributed by atoms with E-state index in [4.69, 9.17) is 22.1 Å². The second-order valence-corrected chi connectivity index (χ2v) is 5.46. The predicted octanol–water partition coefficient (Wildman–Crippen LogP) is 1.03. The number of ether oxygens (including phenoxy) is 1. The van der Waals surface area contributed by atoms with Crippen LogP contribution in [-0.2, 0) is 11.3 Å². The molecule has 1 fully saturated rings. The molecule has 116 valence electrons. The summed E-state index contributed by atoms with van der Waals surface area (Å²) in [5.74, 6) is 0. The molecule has 2 rings (SSSR count). The summed E-state index contributed by atoms with van der Waals surface area (Å²) >= 11 is 6.24. The van der Waals surface area contributed by atoms with Gasteiger partial charge in [-0.25, -0.2) is 4.68 Å². The first-order valence-electron chi connectivity index (χ1n) is 6.98. The summed E-state index contributed by atoms with van der Waals surface area (Å²) in [6.45, 7) is 5.16. The molecule has 2 atom stereocenters. The van der Waals surface area contributed by atoms with Gasteiger partial charge in [0.15, 0.2) is 0 Å². The van der Waals surface area contributed by atoms with Gasteiger partial charge in [0.25, 0.3) is 5.56 Å². The average Bonchev–Trinajstić information content (AvgIpc) is 2.52. The summed E-state index contributed by atoms with van der Waals surface area (Å²) in [5.41, 5.74) is 6.19. The van der Waals surface area contributed by atoms with E-state index in [1.54, 1.807) is 19.4 Å². The van der Waals surface area contributed by atoms with Crippen molar-refractivity contribution >= 4 is 17.3 Å². The van der Waals surface area contributed by atoms with Gasteiger partial charge in [0.2, 0.25) is 0 Å². The van der Waals surface area contributed by atoms with Crippen molar-refractivity contribution in [1.82, 2.24) is 9.78 Å². The Bertz CT molecular complexity index is 560. The summed E-state index contributed by atoms with van der Waals surface area (Å²) in [6.07, 6.45) is 5.13. The molecule has 6 nitrogen and oxygen atoms in total. The first kappa shape index (κ1) is 16.0. The number of halogens is 1. The number of nitrogens with zero attached hydrogens (tertiary/aromatic N) is 3. The second-order valence-electron chi connectivity index (χ2n) is 5.08. The van der Waals surface area contributed by atoms with Crippen LogP contribution in [0.4, 0.5) is 5.69 Å². The van der Waals surface area contributed by atoms with Crippen molar-refractivity contribution in [2.24, 2.45) is 5.73 Å². The van der Waals surface area contributed by atoms with Crippen molar-refractivity contribution in [1.29, 1.82) is 0 Å². The third-order valence-corrected chi connectivity index (χ3v) is 4.21. The lowest BCUT2D eigenvalue weighted by Gasteiger charge is -2.40. The van der Waals surface area contributed by atoms with Gasteiger partial charge in [-0.15, -0.1) is 6.58 Å². The molecule has 0 radical (unpaired) electrons. The maximum absolute atomic E-state index is 12.2. The monoisotopic (exact) mass is 312 g/mol. The van der Waals surface area contributed by atoms with Crippen LogP contribution < -0.4 is 16.2 Å². The molecule has 1 aliphatic heterocycles. The number of aromatic nitrogens is 2. The van der Waals surface area contributed by atoms with E-state index < -0.39 is 0 Å². The molecule has 1 aromatic heterocycles. The van der Waals surface area contributed by atoms with Crippen molar-refractivity contribution in [3.05, 3.63) is 34.2 Å². The molecule has 2 unspecified atom stereocenters. The van der Waals surface area contributed by atoms with E-state index in [-0.39, 0.29) is 22.7 Å². The quantitative estimate of drug-likeness (QED) is 0.822. The zero-order valence-electron chi connectivity index (χ0n) is 12.2. The summed E-state index contributed by atoms with van der Waals surface area (Å²) in [6, 6.07) is 0.0951. The highest BCUT2D eigenvalue weighted by atomic mass is 35.5. The van der Waals surface area contributed by atoms with Gasteiger partial charge < -0.3 is 15.4 Å². The third kappa shape index (κ3) is 3.28. The SMILES string of the molecule is C=CCn1ncc(N2CCC(OC)CC2CN)c(Cl)c1=O. The summed E-state index contributed by atoms with van der Waals surface area (Å²) in [4.78, 5) is 14.2. The molecular formula is C14H21ClN4O2. The van der Waals surface area contributed by atoms with Gasteiger partial charge in [0, 0.05) is 26.2 Å². The third-order valence-electron chi connectivity index (χ3n) is 3.85. The molecule has 1 aromatic rings. The van der Waals surface area contributed by atoms with Crippen LogP contribution in [0.5, 0.6) is 0 Å². The fourth-order valence-electron chi connectivity index (χ4n) is 2.68. The van der Waals surface area contributed by atoms with Crippen LogP contribution in [0.25, 0.3) is 0 Å². The van der Waals surface area contributed by atoms with Crippen molar-refractivity contribution in [2.45, 2.75) is 31.5 Å². The standard InChI is InChI=1S/C14H21ClN4O2/c1-3-5-19-14(20)13(15)12(9-17-19)18-6-4-11(21-2)7-10(18)8-16/h3,9-11H,1,4-8,16H2,2H3. The minimum atomic E-state index is -0.307. The molecule has 0 spiro atoms. The zero-order chi connectivity index (χ0) is 15.4. The largest absolute Gasteiger partial charge is 0.381 e. The van der Waals surface area contributed by atoms with Gasteiger partial charge in [-0.2, -0.15) is 5.10 Å². The van der Waals surface area contributed by atoms with Crippen molar-refractivity contribution < 1.29 is 4.74 Å². The Morgan fingerprint density at radius 1 is 1.67 bits per heavy atom. The van der Waals surface area contributed by atoms with Crippen molar-refractivity contribution in [3.63, 3.8) is 0 Å². The normalized spacial score (nSPS) is 22.3. The Kier molecular flexibility index (Phi) is 5.39. The van der Waals surface area contributed by atoms with E-state index in [0.717, 1.165) is 19.4 Å². The van der Waals surface area contributed by atoms with Crippen LogP contribution in [-0.4, -0.2) is 42.1 Å². The van der Waals surface area contributed by atoms with E-state index in [0.29, 0.717) is 18.8 Å². The van der Waals surface area contributed by atoms with E-state index >= 15 is 0 Å². The molecule has 0 bridgehead atoms. The van der Waals surface area contributed by atoms with Gasteiger partial charge in [-0.3, -0.25) is 4.79 Å². The lowest BCUT2D eigenvalue weighted by molar-refractivity contribution is 0.0709. The van der Waals surface area contributed by atoms with E-state index in [1.165, 1.54) is 4.68 Å². The summed E-state index contributed by atoms with van der Waals surface area (Å²) < 4.78 is 6.69. The molecule has 7 heteroatoms. The Balaban J connectivity index is 2.31. The van der Waals surface area contributed by atoms with Crippen LogP contribution >= 0.6 is 11.6 Å². The van der Waals surface area contributed by atoms with Gasteiger partial charge >= 0.3 is 0 Å². The number of methoxy groups -OCH3 is 1. The van der Waals surface area contributed by atoms with E-state index in [1.807, 2.05) is 0 Å². The lowest BCUT2D eigenvalue weighted by Crippen LogP contribution is -2.49. The summed E-state index contributed by atoms with van der Waals surface area (Å²) in [7, 11) is 1.71. The van der Waals surface area contributed by atoms with Crippen LogP contribution in [0.2, 0.25) is 5.02 Å². The van der Waals surface area contributed by atoms with Crippen LogP contribution in [0.1, 0.15) is 12.8 Å². The molecule has 1 aliphatic rings. The molecule has 0 saturated carbocycles. The van der Waals surface area contributed by atoms with Crippen molar-refractivity contribution in [2.75, 3.05) is 25.1 Å². The number of rotatable bonds is 5. The molecule has 0 aromatic carbocycles. The molecule has 21 heavy (non-hydrogen) atoms. The number of hydrogen-bond donors (Lipinski definition) is 1. The minimum Gasteiger partial charge on any atom is -0.381 e. The maximum atomic E-state index is 12.2. The fourth-order valence-corrected chi connectivity index (χ4v) is 2.93. The minimum absolute atomic E-state index is 0.0951. The predicted molar refractivity (Wildman–Crippen MR) is 83.9 cm³/mol. The smallest absolute Gasteiger partial charge is 0.287 e. The van der Waals surface area contributed by atoms with Gasteiger partial charge in [0.05, 0.1) is 24.5 Å². The Morgan fingerprint density at radius 3 is 3.05 bits per heavy atom. The average molecular weight is 313 g/mol. The lowest BCUT2D eigenvalue weighted by atomic mass is 9.99. The van der Waals surface area contributed by atoms with Crippen LogP contribution in [0.3, 0.4) is 0 Å². The Morgan fingerprint density at radius 2 is 2.43 bits per heavy atom. The number of piperidine rings is 1. The Labute approximate surface area is 129 Å². The molecule has 0 aliphatic carbocycles. The van der Waals surface area contributed by atoms with Gasteiger partial charge in [-0.05, 0) is 12.8 Å². The second kappa shape index (κ2) is 7.06. The molecule has 2 N–H and O–H groups in total. The number of anilines is 1. The van der Waals surface area contributed by atoms with Gasteiger partial charge in [-0.1, -0.05) is 17.7 Å². The zero-order valence-corrected chi connectivity index (χ0v) is 12.9. The maximum Gasteiger partial charge on any atom is 0.287 e. The van der Waals surface area contributed by atoms with Gasteiger partial charge in [0.1, 0.15) is 5.02 Å². The fraction of sp³-hybridized carbons (Fsp3) is 0.571. The van der Waals surface area contributed by atoms with Crippen LogP contribution in [0.15, 0.2) is 23.6 Å². The van der Waals surface area contributed by atoms with Crippen molar-refractivity contribution in [3.8, 4) is 0 Å². The highest BCUT2D eigenvalue weighted by Crippen LogP contribution is 2.29. The number of hydrogen-bond acceptors (Lipinski definition) is 5. The molecule has 2 heterocycles. The molecule has 1 saturated heterocycles. The highest BCUT2D eigenvalue weighted by Gasteiger charge is 2.29. The number of allylic oxidation sites excluding steroid dienone is 1. The molecular weight excluding hydrogens is 292 g/mol. The first-order valence-corrected chi connectivity index (χ1v) is 7.36. The Hall–Kier alpha value is -1.37. The van der Waals surface area contributed by atoms with Crippen LogP contribution in [0, 0.1) is 0 Å². The summed E-state index contributed by atoms with van der Waals surface area (Å²) in [5, 5.41) is 4.33. The van der Waals surface area contributed by atoms with E-state index in [2.05, 4.69) is 16.6 Å². The number of nitrogens with two attached hydrogens (primary N) is 1.